The fourth-order valence-electron chi connectivity index (χ4n) is 2.57. The first kappa shape index (κ1) is 20.3. The van der Waals surface area contributed by atoms with Crippen LogP contribution in [0.25, 0.3) is 0 Å². The molecule has 0 fully saturated rings. The summed E-state index contributed by atoms with van der Waals surface area (Å²) in [6.45, 7) is 10.9. The van der Waals surface area contributed by atoms with Crippen molar-refractivity contribution < 1.29 is 14.0 Å². The SMILES string of the molecule is CCCCCN(CCC(=O)N[C@@H](C)CC)C(=O)c1cc(C)oc1C. The lowest BCUT2D eigenvalue weighted by Crippen LogP contribution is -2.38. The van der Waals surface area contributed by atoms with Crippen LogP contribution in [0.1, 0.15) is 74.8 Å². The van der Waals surface area contributed by atoms with E-state index in [1.165, 1.54) is 0 Å². The molecule has 0 aliphatic carbocycles. The normalized spacial score (nSPS) is 12.0. The molecule has 0 saturated carbocycles. The van der Waals surface area contributed by atoms with Gasteiger partial charge in [0.25, 0.3) is 5.91 Å². The Morgan fingerprint density at radius 1 is 1.21 bits per heavy atom. The fraction of sp³-hybridized carbons (Fsp3) is 0.684. The Kier molecular flexibility index (Phi) is 8.58. The third kappa shape index (κ3) is 6.38. The largest absolute Gasteiger partial charge is 0.466 e. The Labute approximate surface area is 145 Å². The van der Waals surface area contributed by atoms with Crippen molar-refractivity contribution in [1.82, 2.24) is 10.2 Å². The molecule has 1 atom stereocenters. The Morgan fingerprint density at radius 3 is 2.46 bits per heavy atom. The predicted molar refractivity (Wildman–Crippen MR) is 96.1 cm³/mol. The molecule has 5 nitrogen and oxygen atoms in total. The number of unbranched alkanes of at least 4 members (excludes halogenated alkanes) is 2. The van der Waals surface area contributed by atoms with Crippen molar-refractivity contribution in [3.05, 3.63) is 23.2 Å². The highest BCUT2D eigenvalue weighted by atomic mass is 16.3. The van der Waals surface area contributed by atoms with E-state index in [1.54, 1.807) is 17.9 Å². The van der Waals surface area contributed by atoms with Gasteiger partial charge in [0, 0.05) is 25.6 Å². The van der Waals surface area contributed by atoms with Gasteiger partial charge in [-0.2, -0.15) is 0 Å². The number of aryl methyl sites for hydroxylation is 2. The number of hydrogen-bond donors (Lipinski definition) is 1. The van der Waals surface area contributed by atoms with E-state index in [9.17, 15) is 9.59 Å². The van der Waals surface area contributed by atoms with Crippen molar-refractivity contribution in [3.8, 4) is 0 Å². The first-order valence-corrected chi connectivity index (χ1v) is 9.04. The first-order chi connectivity index (χ1) is 11.4. The maximum atomic E-state index is 12.8. The Hall–Kier alpha value is -1.78. The molecule has 0 aliphatic heterocycles. The van der Waals surface area contributed by atoms with Crippen LogP contribution >= 0.6 is 0 Å². The number of hydrogen-bond acceptors (Lipinski definition) is 3. The molecule has 1 N–H and O–H groups in total. The van der Waals surface area contributed by atoms with E-state index in [2.05, 4.69) is 12.2 Å². The van der Waals surface area contributed by atoms with Crippen LogP contribution in [0.15, 0.2) is 10.5 Å². The van der Waals surface area contributed by atoms with Gasteiger partial charge in [-0.1, -0.05) is 26.7 Å². The zero-order valence-corrected chi connectivity index (χ0v) is 15.8. The maximum Gasteiger partial charge on any atom is 0.257 e. The van der Waals surface area contributed by atoms with E-state index >= 15 is 0 Å². The predicted octanol–water partition coefficient (Wildman–Crippen LogP) is 3.83. The maximum absolute atomic E-state index is 12.8. The molecule has 1 rings (SSSR count). The van der Waals surface area contributed by atoms with Crippen LogP contribution in [0.2, 0.25) is 0 Å². The summed E-state index contributed by atoms with van der Waals surface area (Å²) in [7, 11) is 0. The lowest BCUT2D eigenvalue weighted by Gasteiger charge is -2.23. The number of furan rings is 1. The average Bonchev–Trinajstić information content (AvgIpc) is 2.88. The Balaban J connectivity index is 2.71. The third-order valence-electron chi connectivity index (χ3n) is 4.22. The third-order valence-corrected chi connectivity index (χ3v) is 4.22. The number of amides is 2. The highest BCUT2D eigenvalue weighted by molar-refractivity contribution is 5.95. The molecule has 0 aliphatic rings. The van der Waals surface area contributed by atoms with E-state index in [4.69, 9.17) is 4.42 Å². The van der Waals surface area contributed by atoms with E-state index in [-0.39, 0.29) is 17.9 Å². The van der Waals surface area contributed by atoms with Crippen LogP contribution in [0, 0.1) is 13.8 Å². The van der Waals surface area contributed by atoms with Gasteiger partial charge in [-0.05, 0) is 39.7 Å². The van der Waals surface area contributed by atoms with Crippen LogP contribution in [-0.4, -0.2) is 35.8 Å². The molecule has 1 aromatic rings. The molecule has 0 radical (unpaired) electrons. The topological polar surface area (TPSA) is 62.6 Å². The van der Waals surface area contributed by atoms with Gasteiger partial charge in [-0.15, -0.1) is 0 Å². The van der Waals surface area contributed by atoms with Gasteiger partial charge < -0.3 is 14.6 Å². The van der Waals surface area contributed by atoms with E-state index in [0.29, 0.717) is 30.8 Å². The Bertz CT molecular complexity index is 537. The van der Waals surface area contributed by atoms with E-state index < -0.39 is 0 Å². The van der Waals surface area contributed by atoms with E-state index in [0.717, 1.165) is 31.4 Å². The minimum absolute atomic E-state index is 0.00209. The number of carbonyl (C=O) groups is 2. The molecule has 0 spiro atoms. The number of rotatable bonds is 10. The molecule has 1 aromatic heterocycles. The van der Waals surface area contributed by atoms with Gasteiger partial charge >= 0.3 is 0 Å². The van der Waals surface area contributed by atoms with Crippen molar-refractivity contribution in [3.63, 3.8) is 0 Å². The smallest absolute Gasteiger partial charge is 0.257 e. The zero-order valence-electron chi connectivity index (χ0n) is 15.8. The molecule has 0 unspecified atom stereocenters. The van der Waals surface area contributed by atoms with Crippen molar-refractivity contribution in [1.29, 1.82) is 0 Å². The van der Waals surface area contributed by atoms with Crippen LogP contribution in [0.5, 0.6) is 0 Å². The standard InChI is InChI=1S/C19H32N2O3/c1-6-8-9-11-21(12-10-18(22)20-14(3)7-2)19(23)17-13-15(4)24-16(17)5/h13-14H,6-12H2,1-5H3,(H,20,22)/t14-/m0/s1. The van der Waals surface area contributed by atoms with Crippen LogP contribution in [0.3, 0.4) is 0 Å². The summed E-state index contributed by atoms with van der Waals surface area (Å²) in [6, 6.07) is 1.95. The lowest BCUT2D eigenvalue weighted by atomic mass is 10.1. The highest BCUT2D eigenvalue weighted by Crippen LogP contribution is 2.17. The van der Waals surface area contributed by atoms with Gasteiger partial charge in [-0.25, -0.2) is 0 Å². The number of nitrogens with zero attached hydrogens (tertiary/aromatic N) is 1. The van der Waals surface area contributed by atoms with E-state index in [1.807, 2.05) is 20.8 Å². The summed E-state index contributed by atoms with van der Waals surface area (Å²) in [6.07, 6.45) is 4.36. The highest BCUT2D eigenvalue weighted by Gasteiger charge is 2.21. The molecule has 0 saturated heterocycles. The van der Waals surface area contributed by atoms with Gasteiger partial charge in [0.15, 0.2) is 0 Å². The summed E-state index contributed by atoms with van der Waals surface area (Å²) in [5.74, 6) is 1.33. The average molecular weight is 336 g/mol. The molecular formula is C19H32N2O3. The van der Waals surface area contributed by atoms with Crippen molar-refractivity contribution in [2.24, 2.45) is 0 Å². The first-order valence-electron chi connectivity index (χ1n) is 9.04. The van der Waals surface area contributed by atoms with Crippen molar-refractivity contribution in [2.45, 2.75) is 72.8 Å². The molecular weight excluding hydrogens is 304 g/mol. The molecule has 5 heteroatoms. The van der Waals surface area contributed by atoms with Gasteiger partial charge in [0.05, 0.1) is 5.56 Å². The van der Waals surface area contributed by atoms with Gasteiger partial charge in [0.1, 0.15) is 11.5 Å². The summed E-state index contributed by atoms with van der Waals surface area (Å²) in [4.78, 5) is 26.6. The summed E-state index contributed by atoms with van der Waals surface area (Å²) in [5, 5.41) is 2.95. The minimum atomic E-state index is -0.0446. The minimum Gasteiger partial charge on any atom is -0.466 e. The van der Waals surface area contributed by atoms with Gasteiger partial charge in [0.2, 0.25) is 5.91 Å². The van der Waals surface area contributed by atoms with Crippen LogP contribution in [-0.2, 0) is 4.79 Å². The van der Waals surface area contributed by atoms with Crippen molar-refractivity contribution >= 4 is 11.8 Å². The second-order valence-corrected chi connectivity index (χ2v) is 6.45. The fourth-order valence-corrected chi connectivity index (χ4v) is 2.57. The lowest BCUT2D eigenvalue weighted by molar-refractivity contribution is -0.121. The zero-order chi connectivity index (χ0) is 18.1. The summed E-state index contributed by atoms with van der Waals surface area (Å²) in [5.41, 5.74) is 0.603. The summed E-state index contributed by atoms with van der Waals surface area (Å²) < 4.78 is 5.48. The number of carbonyl (C=O) groups excluding carboxylic acids is 2. The molecule has 2 amide bonds. The second-order valence-electron chi connectivity index (χ2n) is 6.45. The molecule has 136 valence electrons. The molecule has 24 heavy (non-hydrogen) atoms. The van der Waals surface area contributed by atoms with Crippen LogP contribution < -0.4 is 5.32 Å². The molecule has 0 bridgehead atoms. The second kappa shape index (κ2) is 10.2. The van der Waals surface area contributed by atoms with Crippen LogP contribution in [0.4, 0.5) is 0 Å². The van der Waals surface area contributed by atoms with Crippen molar-refractivity contribution in [2.75, 3.05) is 13.1 Å². The van der Waals surface area contributed by atoms with Gasteiger partial charge in [-0.3, -0.25) is 9.59 Å². The monoisotopic (exact) mass is 336 g/mol. The summed E-state index contributed by atoms with van der Waals surface area (Å²) >= 11 is 0. The Morgan fingerprint density at radius 2 is 1.92 bits per heavy atom. The molecule has 0 aromatic carbocycles. The molecule has 1 heterocycles. The number of nitrogens with one attached hydrogen (secondary N) is 1. The quantitative estimate of drug-likeness (QED) is 0.660.